The average molecular weight is 434 g/mol. The highest BCUT2D eigenvalue weighted by molar-refractivity contribution is 6.31. The summed E-state index contributed by atoms with van der Waals surface area (Å²) in [4.78, 5) is 30.8. The molecule has 1 unspecified atom stereocenters. The van der Waals surface area contributed by atoms with Gasteiger partial charge in [0.05, 0.1) is 7.11 Å². The van der Waals surface area contributed by atoms with Gasteiger partial charge in [-0.1, -0.05) is 31.2 Å². The van der Waals surface area contributed by atoms with Crippen LogP contribution in [0.3, 0.4) is 0 Å². The Morgan fingerprint density at radius 2 is 1.90 bits per heavy atom. The van der Waals surface area contributed by atoms with Gasteiger partial charge in [-0.2, -0.15) is 0 Å². The molecule has 2 aliphatic rings. The third-order valence-corrected chi connectivity index (χ3v) is 6.62. The lowest BCUT2D eigenvalue weighted by Crippen LogP contribution is -2.52. The van der Waals surface area contributed by atoms with E-state index in [0.717, 1.165) is 69.0 Å². The van der Waals surface area contributed by atoms with Crippen LogP contribution in [0.25, 0.3) is 0 Å². The lowest BCUT2D eigenvalue weighted by Gasteiger charge is -2.38. The number of ether oxygens (including phenoxy) is 1. The van der Waals surface area contributed by atoms with Crippen molar-refractivity contribution < 1.29 is 14.3 Å². The Morgan fingerprint density at radius 1 is 1.17 bits per heavy atom. The van der Waals surface area contributed by atoms with Gasteiger partial charge in [0.1, 0.15) is 5.75 Å². The molecule has 0 radical (unpaired) electrons. The van der Waals surface area contributed by atoms with E-state index < -0.39 is 0 Å². The molecular weight excluding hydrogens is 402 g/mol. The number of rotatable bonds is 7. The van der Waals surface area contributed by atoms with Crippen LogP contribution < -0.4 is 4.74 Å². The van der Waals surface area contributed by atoms with Crippen molar-refractivity contribution in [2.24, 2.45) is 0 Å². The van der Waals surface area contributed by atoms with E-state index in [1.807, 2.05) is 15.9 Å². The van der Waals surface area contributed by atoms with Crippen molar-refractivity contribution in [3.63, 3.8) is 0 Å². The standard InChI is InChI=1S/C23H32ClN3O3/c1-4-17-14-18(21(30-3)15-20(17)24)6-7-23(29)26-12-10-25(11-13-26)19-8-9-27(16-19)22(28)5-2/h5,14-15,19H,2,4,6-13,16H2,1,3H3. The van der Waals surface area contributed by atoms with Gasteiger partial charge >= 0.3 is 0 Å². The molecule has 2 fully saturated rings. The molecule has 0 spiro atoms. The molecule has 3 rings (SSSR count). The van der Waals surface area contributed by atoms with Crippen molar-refractivity contribution in [2.75, 3.05) is 46.4 Å². The number of halogens is 1. The van der Waals surface area contributed by atoms with Gasteiger partial charge in [-0.15, -0.1) is 0 Å². The normalized spacial score (nSPS) is 19.8. The third kappa shape index (κ3) is 5.16. The van der Waals surface area contributed by atoms with Crippen LogP contribution >= 0.6 is 11.6 Å². The molecule has 2 heterocycles. The average Bonchev–Trinajstić information content (AvgIpc) is 3.27. The van der Waals surface area contributed by atoms with Crippen molar-refractivity contribution in [3.05, 3.63) is 40.9 Å². The summed E-state index contributed by atoms with van der Waals surface area (Å²) in [5, 5.41) is 0.709. The Morgan fingerprint density at radius 3 is 2.53 bits per heavy atom. The highest BCUT2D eigenvalue weighted by Gasteiger charge is 2.32. The van der Waals surface area contributed by atoms with Gasteiger partial charge in [0.15, 0.2) is 0 Å². The summed E-state index contributed by atoms with van der Waals surface area (Å²) in [5.74, 6) is 0.935. The molecule has 30 heavy (non-hydrogen) atoms. The van der Waals surface area contributed by atoms with Gasteiger partial charge in [-0.05, 0) is 42.5 Å². The van der Waals surface area contributed by atoms with E-state index in [1.165, 1.54) is 6.08 Å². The van der Waals surface area contributed by atoms with E-state index in [9.17, 15) is 9.59 Å². The second-order valence-electron chi connectivity index (χ2n) is 7.96. The van der Waals surface area contributed by atoms with E-state index >= 15 is 0 Å². The van der Waals surface area contributed by atoms with E-state index in [4.69, 9.17) is 16.3 Å². The molecule has 0 aromatic heterocycles. The van der Waals surface area contributed by atoms with Crippen LogP contribution in [0.2, 0.25) is 5.02 Å². The number of benzene rings is 1. The molecule has 0 bridgehead atoms. The number of hydrogen-bond acceptors (Lipinski definition) is 4. The molecular formula is C23H32ClN3O3. The first-order chi connectivity index (χ1) is 14.5. The van der Waals surface area contributed by atoms with E-state index in [1.54, 1.807) is 7.11 Å². The zero-order chi connectivity index (χ0) is 21.7. The number of amides is 2. The van der Waals surface area contributed by atoms with Crippen LogP contribution in [0.15, 0.2) is 24.8 Å². The maximum Gasteiger partial charge on any atom is 0.246 e. The number of aryl methyl sites for hydroxylation is 2. The van der Waals surface area contributed by atoms with Gasteiger partial charge in [0.2, 0.25) is 11.8 Å². The van der Waals surface area contributed by atoms with Crippen molar-refractivity contribution in [1.29, 1.82) is 0 Å². The maximum absolute atomic E-state index is 12.8. The van der Waals surface area contributed by atoms with Gasteiger partial charge in [-0.25, -0.2) is 0 Å². The van der Waals surface area contributed by atoms with Gasteiger partial charge in [0.25, 0.3) is 0 Å². The van der Waals surface area contributed by atoms with Gasteiger partial charge in [0, 0.05) is 56.8 Å². The number of methoxy groups -OCH3 is 1. The third-order valence-electron chi connectivity index (χ3n) is 6.27. The van der Waals surface area contributed by atoms with Gasteiger partial charge < -0.3 is 14.5 Å². The molecule has 6 nitrogen and oxygen atoms in total. The van der Waals surface area contributed by atoms with Crippen LogP contribution in [0.5, 0.6) is 5.75 Å². The van der Waals surface area contributed by atoms with Crippen molar-refractivity contribution in [2.45, 2.75) is 38.6 Å². The summed E-state index contributed by atoms with van der Waals surface area (Å²) in [5.41, 5.74) is 2.11. The van der Waals surface area contributed by atoms with E-state index in [2.05, 4.69) is 24.5 Å². The maximum atomic E-state index is 12.8. The molecule has 0 aliphatic carbocycles. The zero-order valence-electron chi connectivity index (χ0n) is 18.0. The minimum absolute atomic E-state index is 0.00942. The Hall–Kier alpha value is -2.05. The topological polar surface area (TPSA) is 53.1 Å². The first-order valence-electron chi connectivity index (χ1n) is 10.7. The van der Waals surface area contributed by atoms with Crippen molar-refractivity contribution >= 4 is 23.4 Å². The van der Waals surface area contributed by atoms with Crippen LogP contribution in [0, 0.1) is 0 Å². The van der Waals surface area contributed by atoms with Crippen molar-refractivity contribution in [1.82, 2.24) is 14.7 Å². The van der Waals surface area contributed by atoms with Crippen LogP contribution in [-0.4, -0.2) is 78.9 Å². The monoisotopic (exact) mass is 433 g/mol. The Balaban J connectivity index is 1.49. The Bertz CT molecular complexity index is 790. The number of likely N-dealkylation sites (tertiary alicyclic amines) is 1. The quantitative estimate of drug-likeness (QED) is 0.620. The number of nitrogens with zero attached hydrogens (tertiary/aromatic N) is 3. The molecule has 1 aromatic rings. The van der Waals surface area contributed by atoms with Crippen LogP contribution in [0.4, 0.5) is 0 Å². The fourth-order valence-corrected chi connectivity index (χ4v) is 4.70. The SMILES string of the molecule is C=CC(=O)N1CCC(N2CCN(C(=O)CCc3cc(CC)c(Cl)cc3OC)CC2)C1. The zero-order valence-corrected chi connectivity index (χ0v) is 18.8. The molecule has 1 aromatic carbocycles. The number of hydrogen-bond donors (Lipinski definition) is 0. The highest BCUT2D eigenvalue weighted by Crippen LogP contribution is 2.29. The predicted octanol–water partition coefficient (Wildman–Crippen LogP) is 2.77. The largest absolute Gasteiger partial charge is 0.496 e. The summed E-state index contributed by atoms with van der Waals surface area (Å²) in [6.07, 6.45) is 4.34. The van der Waals surface area contributed by atoms with Crippen LogP contribution in [0.1, 0.15) is 30.9 Å². The second-order valence-corrected chi connectivity index (χ2v) is 8.36. The first kappa shape index (κ1) is 22.6. The molecule has 0 N–H and O–H groups in total. The van der Waals surface area contributed by atoms with Crippen molar-refractivity contribution in [3.8, 4) is 5.75 Å². The molecule has 2 aliphatic heterocycles. The summed E-state index contributed by atoms with van der Waals surface area (Å²) in [7, 11) is 1.63. The van der Waals surface area contributed by atoms with E-state index in [0.29, 0.717) is 23.9 Å². The fraction of sp³-hybridized carbons (Fsp3) is 0.565. The lowest BCUT2D eigenvalue weighted by atomic mass is 10.0. The fourth-order valence-electron chi connectivity index (χ4n) is 4.41. The minimum atomic E-state index is 0.00942. The number of piperazine rings is 1. The molecule has 0 saturated carbocycles. The number of carbonyl (C=O) groups is 2. The predicted molar refractivity (Wildman–Crippen MR) is 119 cm³/mol. The Kier molecular flexibility index (Phi) is 7.78. The second kappa shape index (κ2) is 10.3. The number of carbonyl (C=O) groups excluding carboxylic acids is 2. The summed E-state index contributed by atoms with van der Waals surface area (Å²) >= 11 is 6.28. The van der Waals surface area contributed by atoms with Gasteiger partial charge in [-0.3, -0.25) is 14.5 Å². The summed E-state index contributed by atoms with van der Waals surface area (Å²) < 4.78 is 5.46. The lowest BCUT2D eigenvalue weighted by molar-refractivity contribution is -0.133. The molecule has 1 atom stereocenters. The van der Waals surface area contributed by atoms with Crippen LogP contribution in [-0.2, 0) is 22.4 Å². The molecule has 2 saturated heterocycles. The summed E-state index contributed by atoms with van der Waals surface area (Å²) in [6.45, 7) is 10.4. The Labute approximate surface area is 184 Å². The van der Waals surface area contributed by atoms with E-state index in [-0.39, 0.29) is 11.8 Å². The molecule has 7 heteroatoms. The molecule has 2 amide bonds. The first-order valence-corrected chi connectivity index (χ1v) is 11.1. The summed E-state index contributed by atoms with van der Waals surface area (Å²) in [6, 6.07) is 4.29. The molecule has 164 valence electrons. The highest BCUT2D eigenvalue weighted by atomic mass is 35.5. The minimum Gasteiger partial charge on any atom is -0.496 e. The smallest absolute Gasteiger partial charge is 0.246 e.